The highest BCUT2D eigenvalue weighted by Gasteiger charge is 2.08. The summed E-state index contributed by atoms with van der Waals surface area (Å²) in [4.78, 5) is 11.3. The summed E-state index contributed by atoms with van der Waals surface area (Å²) in [6.45, 7) is 3.83. The second-order valence-electron chi connectivity index (χ2n) is 3.15. The van der Waals surface area contributed by atoms with E-state index in [2.05, 4.69) is 0 Å². The van der Waals surface area contributed by atoms with Gasteiger partial charge in [0.1, 0.15) is 0 Å². The Morgan fingerprint density at radius 3 is 2.46 bits per heavy atom. The molecule has 1 aromatic rings. The number of carbonyl (C=O) groups excluding carboxylic acids is 1. The van der Waals surface area contributed by atoms with E-state index < -0.39 is 0 Å². The Balaban J connectivity index is 3.23. The van der Waals surface area contributed by atoms with Gasteiger partial charge in [0, 0.05) is 11.3 Å². The number of nitrogen functional groups attached to an aromatic ring is 1. The minimum absolute atomic E-state index is 0.0311. The zero-order valence-corrected chi connectivity index (χ0v) is 7.92. The van der Waals surface area contributed by atoms with Crippen molar-refractivity contribution in [1.82, 2.24) is 0 Å². The van der Waals surface area contributed by atoms with Crippen LogP contribution in [0.2, 0.25) is 0 Å². The molecule has 0 aliphatic rings. The lowest BCUT2D eigenvalue weighted by molar-refractivity contribution is 0.100. The minimum Gasteiger partial charge on any atom is -0.398 e. The van der Waals surface area contributed by atoms with E-state index in [1.807, 2.05) is 19.9 Å². The van der Waals surface area contributed by atoms with Crippen molar-refractivity contribution in [3.05, 3.63) is 28.8 Å². The molecular weight excluding hydrogens is 164 g/mol. The molecular formula is C10H14N2O. The molecule has 0 saturated heterocycles. The van der Waals surface area contributed by atoms with Crippen molar-refractivity contribution in [2.24, 2.45) is 5.73 Å². The molecule has 3 heteroatoms. The molecule has 13 heavy (non-hydrogen) atoms. The molecule has 0 unspecified atom stereocenters. The molecule has 4 N–H and O–H groups in total. The van der Waals surface area contributed by atoms with Crippen molar-refractivity contribution in [2.45, 2.75) is 13.8 Å². The van der Waals surface area contributed by atoms with Crippen LogP contribution in [0.5, 0.6) is 0 Å². The summed E-state index contributed by atoms with van der Waals surface area (Å²) in [7, 11) is 0. The smallest absolute Gasteiger partial charge is 0.176 e. The molecule has 0 fully saturated rings. The molecule has 0 aromatic heterocycles. The molecule has 0 amide bonds. The Morgan fingerprint density at radius 1 is 1.31 bits per heavy atom. The number of hydrogen-bond acceptors (Lipinski definition) is 3. The first-order valence-electron chi connectivity index (χ1n) is 4.16. The van der Waals surface area contributed by atoms with Crippen LogP contribution >= 0.6 is 0 Å². The van der Waals surface area contributed by atoms with Gasteiger partial charge in [0.25, 0.3) is 0 Å². The second-order valence-corrected chi connectivity index (χ2v) is 3.15. The van der Waals surface area contributed by atoms with E-state index in [0.717, 1.165) is 11.1 Å². The molecule has 0 saturated carbocycles. The zero-order valence-electron chi connectivity index (χ0n) is 7.92. The SMILES string of the molecule is Cc1cc(C)c(C(=O)CN)cc1N. The number of Topliss-reactive ketones (excluding diaryl/α,β-unsaturated/α-hetero) is 1. The highest BCUT2D eigenvalue weighted by molar-refractivity contribution is 5.99. The fraction of sp³-hybridized carbons (Fsp3) is 0.300. The molecule has 0 radical (unpaired) electrons. The van der Waals surface area contributed by atoms with E-state index in [9.17, 15) is 4.79 Å². The van der Waals surface area contributed by atoms with Crippen molar-refractivity contribution in [1.29, 1.82) is 0 Å². The Morgan fingerprint density at radius 2 is 1.92 bits per heavy atom. The van der Waals surface area contributed by atoms with E-state index >= 15 is 0 Å². The maximum Gasteiger partial charge on any atom is 0.176 e. The largest absolute Gasteiger partial charge is 0.398 e. The van der Waals surface area contributed by atoms with Gasteiger partial charge in [-0.05, 0) is 31.0 Å². The van der Waals surface area contributed by atoms with E-state index in [4.69, 9.17) is 11.5 Å². The Kier molecular flexibility index (Phi) is 2.68. The third-order valence-corrected chi connectivity index (χ3v) is 2.10. The summed E-state index contributed by atoms with van der Waals surface area (Å²) in [5, 5.41) is 0. The average molecular weight is 178 g/mol. The third-order valence-electron chi connectivity index (χ3n) is 2.10. The van der Waals surface area contributed by atoms with Gasteiger partial charge in [-0.3, -0.25) is 4.79 Å². The summed E-state index contributed by atoms with van der Waals surface area (Å²) in [6, 6.07) is 3.60. The molecule has 0 bridgehead atoms. The topological polar surface area (TPSA) is 69.1 Å². The van der Waals surface area contributed by atoms with Gasteiger partial charge in [-0.2, -0.15) is 0 Å². The highest BCUT2D eigenvalue weighted by atomic mass is 16.1. The van der Waals surface area contributed by atoms with Gasteiger partial charge in [-0.25, -0.2) is 0 Å². The van der Waals surface area contributed by atoms with Gasteiger partial charge >= 0.3 is 0 Å². The number of nitrogens with two attached hydrogens (primary N) is 2. The van der Waals surface area contributed by atoms with Crippen molar-refractivity contribution in [3.8, 4) is 0 Å². The summed E-state index contributed by atoms with van der Waals surface area (Å²) in [6.07, 6.45) is 0. The van der Waals surface area contributed by atoms with Gasteiger partial charge in [-0.1, -0.05) is 6.07 Å². The number of anilines is 1. The number of rotatable bonds is 2. The first kappa shape index (κ1) is 9.74. The molecule has 1 rings (SSSR count). The lowest BCUT2D eigenvalue weighted by Crippen LogP contribution is -2.15. The van der Waals surface area contributed by atoms with Crippen LogP contribution in [-0.2, 0) is 0 Å². The zero-order chi connectivity index (χ0) is 10.0. The molecule has 0 aliphatic carbocycles. The van der Waals surface area contributed by atoms with Gasteiger partial charge in [0.15, 0.2) is 5.78 Å². The Hall–Kier alpha value is -1.35. The van der Waals surface area contributed by atoms with E-state index in [1.54, 1.807) is 6.07 Å². The predicted octanol–water partition coefficient (Wildman–Crippen LogP) is 1.03. The van der Waals surface area contributed by atoms with Crippen molar-refractivity contribution >= 4 is 11.5 Å². The molecule has 0 aliphatic heterocycles. The van der Waals surface area contributed by atoms with Crippen molar-refractivity contribution in [2.75, 3.05) is 12.3 Å². The normalized spacial score (nSPS) is 10.1. The fourth-order valence-electron chi connectivity index (χ4n) is 1.28. The van der Waals surface area contributed by atoms with Crippen LogP contribution in [0.25, 0.3) is 0 Å². The summed E-state index contributed by atoms with van der Waals surface area (Å²) < 4.78 is 0. The summed E-state index contributed by atoms with van der Waals surface area (Å²) in [5.41, 5.74) is 14.2. The maximum absolute atomic E-state index is 11.3. The predicted molar refractivity (Wildman–Crippen MR) is 53.7 cm³/mol. The molecule has 3 nitrogen and oxygen atoms in total. The lowest BCUT2D eigenvalue weighted by atomic mass is 10.0. The third kappa shape index (κ3) is 1.87. The number of aryl methyl sites for hydroxylation is 2. The average Bonchev–Trinajstić information content (AvgIpc) is 2.10. The molecule has 1 aromatic carbocycles. The summed E-state index contributed by atoms with van der Waals surface area (Å²) >= 11 is 0. The van der Waals surface area contributed by atoms with Gasteiger partial charge < -0.3 is 11.5 Å². The highest BCUT2D eigenvalue weighted by Crippen LogP contribution is 2.17. The minimum atomic E-state index is -0.0656. The first-order valence-corrected chi connectivity index (χ1v) is 4.16. The van der Waals surface area contributed by atoms with Gasteiger partial charge in [0.05, 0.1) is 6.54 Å². The lowest BCUT2D eigenvalue weighted by Gasteiger charge is -2.07. The first-order chi connectivity index (χ1) is 6.06. The Labute approximate surface area is 77.7 Å². The van der Waals surface area contributed by atoms with Crippen LogP contribution < -0.4 is 11.5 Å². The molecule has 0 spiro atoms. The van der Waals surface area contributed by atoms with E-state index in [0.29, 0.717) is 11.3 Å². The number of carbonyl (C=O) groups is 1. The van der Waals surface area contributed by atoms with Crippen LogP contribution in [0.15, 0.2) is 12.1 Å². The monoisotopic (exact) mass is 178 g/mol. The van der Waals surface area contributed by atoms with Crippen LogP contribution in [-0.4, -0.2) is 12.3 Å². The van der Waals surface area contributed by atoms with Gasteiger partial charge in [0.2, 0.25) is 0 Å². The van der Waals surface area contributed by atoms with Crippen LogP contribution in [0.4, 0.5) is 5.69 Å². The van der Waals surface area contributed by atoms with Crippen LogP contribution in [0, 0.1) is 13.8 Å². The molecule has 0 atom stereocenters. The number of benzene rings is 1. The molecule has 70 valence electrons. The van der Waals surface area contributed by atoms with Crippen molar-refractivity contribution in [3.63, 3.8) is 0 Å². The van der Waals surface area contributed by atoms with Crippen molar-refractivity contribution < 1.29 is 4.79 Å². The maximum atomic E-state index is 11.3. The summed E-state index contributed by atoms with van der Waals surface area (Å²) in [5.74, 6) is -0.0656. The van der Waals surface area contributed by atoms with Crippen LogP contribution in [0.1, 0.15) is 21.5 Å². The quantitative estimate of drug-likeness (QED) is 0.525. The number of ketones is 1. The Bertz CT molecular complexity index is 345. The van der Waals surface area contributed by atoms with E-state index in [1.165, 1.54) is 0 Å². The van der Waals surface area contributed by atoms with Gasteiger partial charge in [-0.15, -0.1) is 0 Å². The standard InChI is InChI=1S/C10H14N2O/c1-6-3-7(2)9(12)4-8(6)10(13)5-11/h3-4H,5,11-12H2,1-2H3. The molecule has 0 heterocycles. The second kappa shape index (κ2) is 3.58. The van der Waals surface area contributed by atoms with E-state index in [-0.39, 0.29) is 12.3 Å². The fourth-order valence-corrected chi connectivity index (χ4v) is 1.28. The van der Waals surface area contributed by atoms with Crippen LogP contribution in [0.3, 0.4) is 0 Å². The number of hydrogen-bond donors (Lipinski definition) is 2.